The van der Waals surface area contributed by atoms with Crippen molar-refractivity contribution in [3.05, 3.63) is 36.9 Å². The first-order chi connectivity index (χ1) is 10.5. The maximum absolute atomic E-state index is 12.2. The number of nitrogens with two attached hydrogens (primary N) is 1. The van der Waals surface area contributed by atoms with E-state index >= 15 is 0 Å². The molecule has 0 aliphatic heterocycles. The van der Waals surface area contributed by atoms with Gasteiger partial charge in [0.15, 0.2) is 0 Å². The standard InChI is InChI=1S/C16H22N4O2/c1-2-11-18-15(22)20-13-7-5-12(6-8-13)19-14(21)16(17)9-3-4-10-16/h2,5-8H,1,3-4,9-11,17H2,(H,19,21)(H2,18,20,22). The molecule has 1 aromatic carbocycles. The molecule has 0 unspecified atom stereocenters. The van der Waals surface area contributed by atoms with Crippen LogP contribution >= 0.6 is 0 Å². The Kier molecular flexibility index (Phi) is 5.16. The van der Waals surface area contributed by atoms with Crippen LogP contribution in [-0.4, -0.2) is 24.0 Å². The number of amides is 3. The number of carbonyl (C=O) groups excluding carboxylic acids is 2. The van der Waals surface area contributed by atoms with Gasteiger partial charge in [0.1, 0.15) is 0 Å². The summed E-state index contributed by atoms with van der Waals surface area (Å²) >= 11 is 0. The Labute approximate surface area is 130 Å². The first-order valence-electron chi connectivity index (χ1n) is 7.40. The first-order valence-corrected chi connectivity index (χ1v) is 7.40. The second-order valence-corrected chi connectivity index (χ2v) is 5.52. The van der Waals surface area contributed by atoms with E-state index in [-0.39, 0.29) is 11.9 Å². The van der Waals surface area contributed by atoms with E-state index < -0.39 is 5.54 Å². The Hall–Kier alpha value is -2.34. The van der Waals surface area contributed by atoms with Crippen LogP contribution in [0, 0.1) is 0 Å². The average Bonchev–Trinajstić information content (AvgIpc) is 2.95. The van der Waals surface area contributed by atoms with Crippen molar-refractivity contribution in [1.82, 2.24) is 5.32 Å². The monoisotopic (exact) mass is 302 g/mol. The van der Waals surface area contributed by atoms with Crippen LogP contribution in [0.1, 0.15) is 25.7 Å². The largest absolute Gasteiger partial charge is 0.334 e. The highest BCUT2D eigenvalue weighted by atomic mass is 16.2. The highest BCUT2D eigenvalue weighted by Gasteiger charge is 2.36. The number of urea groups is 1. The molecule has 3 amide bonds. The normalized spacial score (nSPS) is 15.9. The van der Waals surface area contributed by atoms with Crippen LogP contribution in [0.4, 0.5) is 16.2 Å². The Balaban J connectivity index is 1.90. The predicted octanol–water partition coefficient (Wildman–Crippen LogP) is 2.20. The molecule has 6 heteroatoms. The summed E-state index contributed by atoms with van der Waals surface area (Å²) < 4.78 is 0. The summed E-state index contributed by atoms with van der Waals surface area (Å²) in [5, 5.41) is 8.13. The lowest BCUT2D eigenvalue weighted by Crippen LogP contribution is -2.48. The molecule has 2 rings (SSSR count). The summed E-state index contributed by atoms with van der Waals surface area (Å²) in [4.78, 5) is 23.7. The van der Waals surface area contributed by atoms with Gasteiger partial charge >= 0.3 is 6.03 Å². The summed E-state index contributed by atoms with van der Waals surface area (Å²) in [5.74, 6) is -0.144. The molecule has 1 saturated carbocycles. The lowest BCUT2D eigenvalue weighted by Gasteiger charge is -2.22. The molecule has 1 fully saturated rings. The quantitative estimate of drug-likeness (QED) is 0.628. The fraction of sp³-hybridized carbons (Fsp3) is 0.375. The van der Waals surface area contributed by atoms with Crippen LogP contribution in [0.25, 0.3) is 0 Å². The van der Waals surface area contributed by atoms with Crippen LogP contribution in [-0.2, 0) is 4.79 Å². The van der Waals surface area contributed by atoms with Gasteiger partial charge in [-0.05, 0) is 37.1 Å². The molecule has 0 radical (unpaired) electrons. The molecular formula is C16H22N4O2. The van der Waals surface area contributed by atoms with Crippen molar-refractivity contribution >= 4 is 23.3 Å². The third-order valence-electron chi connectivity index (χ3n) is 3.76. The Bertz CT molecular complexity index is 548. The number of anilines is 2. The van der Waals surface area contributed by atoms with Gasteiger partial charge in [0.05, 0.1) is 5.54 Å². The molecule has 5 N–H and O–H groups in total. The summed E-state index contributed by atoms with van der Waals surface area (Å²) in [7, 11) is 0. The molecule has 0 atom stereocenters. The van der Waals surface area contributed by atoms with E-state index in [2.05, 4.69) is 22.5 Å². The van der Waals surface area contributed by atoms with Gasteiger partial charge in [0, 0.05) is 17.9 Å². The van der Waals surface area contributed by atoms with Crippen molar-refractivity contribution < 1.29 is 9.59 Å². The van der Waals surface area contributed by atoms with E-state index in [1.54, 1.807) is 30.3 Å². The lowest BCUT2D eigenvalue weighted by molar-refractivity contribution is -0.121. The molecule has 1 aliphatic carbocycles. The predicted molar refractivity (Wildman–Crippen MR) is 87.7 cm³/mol. The zero-order chi connectivity index (χ0) is 16.0. The van der Waals surface area contributed by atoms with E-state index in [9.17, 15) is 9.59 Å². The highest BCUT2D eigenvalue weighted by molar-refractivity contribution is 5.98. The topological polar surface area (TPSA) is 96.2 Å². The molecule has 22 heavy (non-hydrogen) atoms. The van der Waals surface area contributed by atoms with E-state index in [4.69, 9.17) is 5.73 Å². The number of nitrogens with one attached hydrogen (secondary N) is 3. The van der Waals surface area contributed by atoms with Gasteiger partial charge in [-0.25, -0.2) is 4.79 Å². The zero-order valence-electron chi connectivity index (χ0n) is 12.5. The number of rotatable bonds is 5. The molecule has 0 aromatic heterocycles. The van der Waals surface area contributed by atoms with Gasteiger partial charge in [-0.1, -0.05) is 18.9 Å². The second-order valence-electron chi connectivity index (χ2n) is 5.52. The van der Waals surface area contributed by atoms with E-state index in [0.717, 1.165) is 25.7 Å². The van der Waals surface area contributed by atoms with Gasteiger partial charge in [-0.15, -0.1) is 6.58 Å². The van der Waals surface area contributed by atoms with Crippen molar-refractivity contribution in [2.75, 3.05) is 17.2 Å². The van der Waals surface area contributed by atoms with E-state index in [1.165, 1.54) is 0 Å². The van der Waals surface area contributed by atoms with Crippen molar-refractivity contribution in [3.63, 3.8) is 0 Å². The fourth-order valence-electron chi connectivity index (χ4n) is 2.47. The minimum Gasteiger partial charge on any atom is -0.334 e. The van der Waals surface area contributed by atoms with Crippen LogP contribution in [0.2, 0.25) is 0 Å². The van der Waals surface area contributed by atoms with Crippen LogP contribution < -0.4 is 21.7 Å². The third-order valence-corrected chi connectivity index (χ3v) is 3.76. The molecule has 0 bridgehead atoms. The molecule has 1 aromatic rings. The summed E-state index contributed by atoms with van der Waals surface area (Å²) in [6.45, 7) is 3.93. The maximum atomic E-state index is 12.2. The number of hydrogen-bond donors (Lipinski definition) is 4. The molecular weight excluding hydrogens is 280 g/mol. The lowest BCUT2D eigenvalue weighted by atomic mass is 9.98. The van der Waals surface area contributed by atoms with Crippen LogP contribution in [0.3, 0.4) is 0 Å². The Morgan fingerprint density at radius 3 is 2.23 bits per heavy atom. The second kappa shape index (κ2) is 7.09. The van der Waals surface area contributed by atoms with Crippen molar-refractivity contribution in [2.24, 2.45) is 5.73 Å². The molecule has 0 heterocycles. The first kappa shape index (κ1) is 16.0. The summed E-state index contributed by atoms with van der Waals surface area (Å²) in [6.07, 6.45) is 5.03. The maximum Gasteiger partial charge on any atom is 0.319 e. The third kappa shape index (κ3) is 4.08. The highest BCUT2D eigenvalue weighted by Crippen LogP contribution is 2.28. The number of benzene rings is 1. The van der Waals surface area contributed by atoms with Gasteiger partial charge in [0.25, 0.3) is 0 Å². The summed E-state index contributed by atoms with van der Waals surface area (Å²) in [6, 6.07) is 6.61. The SMILES string of the molecule is C=CCNC(=O)Nc1ccc(NC(=O)C2(N)CCCC2)cc1. The number of carbonyl (C=O) groups is 2. The molecule has 0 saturated heterocycles. The number of hydrogen-bond acceptors (Lipinski definition) is 3. The minimum atomic E-state index is -0.749. The van der Waals surface area contributed by atoms with Crippen molar-refractivity contribution in [1.29, 1.82) is 0 Å². The van der Waals surface area contributed by atoms with Crippen LogP contribution in [0.5, 0.6) is 0 Å². The zero-order valence-corrected chi connectivity index (χ0v) is 12.5. The van der Waals surface area contributed by atoms with Gasteiger partial charge in [-0.2, -0.15) is 0 Å². The summed E-state index contributed by atoms with van der Waals surface area (Å²) in [5.41, 5.74) is 6.67. The van der Waals surface area contributed by atoms with Gasteiger partial charge < -0.3 is 21.7 Å². The minimum absolute atomic E-state index is 0.144. The molecule has 118 valence electrons. The molecule has 6 nitrogen and oxygen atoms in total. The van der Waals surface area contributed by atoms with Crippen molar-refractivity contribution in [2.45, 2.75) is 31.2 Å². The molecule has 1 aliphatic rings. The average molecular weight is 302 g/mol. The fourth-order valence-corrected chi connectivity index (χ4v) is 2.47. The smallest absolute Gasteiger partial charge is 0.319 e. The Morgan fingerprint density at radius 1 is 1.14 bits per heavy atom. The van der Waals surface area contributed by atoms with Crippen LogP contribution in [0.15, 0.2) is 36.9 Å². The van der Waals surface area contributed by atoms with Gasteiger partial charge in [-0.3, -0.25) is 4.79 Å². The van der Waals surface area contributed by atoms with E-state index in [1.807, 2.05) is 0 Å². The molecule has 0 spiro atoms. The Morgan fingerprint density at radius 2 is 1.68 bits per heavy atom. The van der Waals surface area contributed by atoms with Crippen molar-refractivity contribution in [3.8, 4) is 0 Å². The van der Waals surface area contributed by atoms with E-state index in [0.29, 0.717) is 17.9 Å². The van der Waals surface area contributed by atoms with Gasteiger partial charge in [0.2, 0.25) is 5.91 Å².